The minimum atomic E-state index is -1.02. The number of hydrogen-bond acceptors (Lipinski definition) is 5. The quantitative estimate of drug-likeness (QED) is 0.402. The van der Waals surface area contributed by atoms with Crippen LogP contribution < -0.4 is 21.3 Å². The highest BCUT2D eigenvalue weighted by Crippen LogP contribution is 2.29. The third-order valence-electron chi connectivity index (χ3n) is 5.37. The average Bonchev–Trinajstić information content (AvgIpc) is 2.69. The first-order valence-electron chi connectivity index (χ1n) is 10.1. The maximum atomic E-state index is 12.4. The second-order valence-electron chi connectivity index (χ2n) is 7.83. The first kappa shape index (κ1) is 22.3. The minimum absolute atomic E-state index is 0.00351. The monoisotopic (exact) mass is 390 g/mol. The van der Waals surface area contributed by atoms with Crippen LogP contribution >= 0.6 is 0 Å². The van der Waals surface area contributed by atoms with Gasteiger partial charge in [-0.05, 0) is 50.3 Å². The van der Waals surface area contributed by atoms with E-state index in [2.05, 4.69) is 33.4 Å². The van der Waals surface area contributed by atoms with E-state index in [0.717, 1.165) is 19.3 Å². The van der Waals surface area contributed by atoms with Crippen molar-refractivity contribution in [1.29, 1.82) is 0 Å². The van der Waals surface area contributed by atoms with Crippen molar-refractivity contribution >= 4 is 11.8 Å². The van der Waals surface area contributed by atoms with Gasteiger partial charge in [0.15, 0.2) is 0 Å². The molecule has 2 unspecified atom stereocenters. The lowest BCUT2D eigenvalue weighted by Gasteiger charge is -2.30. The van der Waals surface area contributed by atoms with Gasteiger partial charge in [0.1, 0.15) is 6.23 Å². The molecule has 4 atom stereocenters. The maximum Gasteiger partial charge on any atom is 0.237 e. The number of rotatable bonds is 9. The molecule has 1 aliphatic carbocycles. The maximum absolute atomic E-state index is 12.4. The van der Waals surface area contributed by atoms with E-state index < -0.39 is 12.3 Å². The van der Waals surface area contributed by atoms with Crippen LogP contribution in [0.5, 0.6) is 0 Å². The molecule has 1 aromatic carbocycles. The summed E-state index contributed by atoms with van der Waals surface area (Å²) >= 11 is 0. The van der Waals surface area contributed by atoms with Crippen molar-refractivity contribution in [2.75, 3.05) is 13.6 Å². The van der Waals surface area contributed by atoms with E-state index in [9.17, 15) is 14.7 Å². The van der Waals surface area contributed by atoms with Crippen molar-refractivity contribution in [3.05, 3.63) is 35.4 Å². The zero-order chi connectivity index (χ0) is 20.7. The fourth-order valence-corrected chi connectivity index (χ4v) is 3.50. The van der Waals surface area contributed by atoms with Gasteiger partial charge in [0.05, 0.1) is 24.7 Å². The van der Waals surface area contributed by atoms with E-state index in [4.69, 9.17) is 0 Å². The van der Waals surface area contributed by atoms with Gasteiger partial charge in [0.2, 0.25) is 11.8 Å². The van der Waals surface area contributed by atoms with E-state index in [1.165, 1.54) is 11.1 Å². The van der Waals surface area contributed by atoms with Crippen LogP contribution in [0.1, 0.15) is 50.8 Å². The van der Waals surface area contributed by atoms with Crippen molar-refractivity contribution < 1.29 is 14.7 Å². The number of likely N-dealkylation sites (N-methyl/N-ethyl adjacent to an activating group) is 1. The Labute approximate surface area is 167 Å². The van der Waals surface area contributed by atoms with Crippen LogP contribution in [0.2, 0.25) is 0 Å². The molecule has 1 aliphatic rings. The van der Waals surface area contributed by atoms with E-state index in [1.54, 1.807) is 14.0 Å². The number of hydrogen-bond donors (Lipinski definition) is 5. The average molecular weight is 391 g/mol. The summed E-state index contributed by atoms with van der Waals surface area (Å²) in [6.07, 6.45) is 1.99. The van der Waals surface area contributed by atoms with Gasteiger partial charge in [-0.2, -0.15) is 0 Å². The number of carbonyl (C=O) groups is 2. The Hall–Kier alpha value is -1.96. The Morgan fingerprint density at radius 1 is 1.21 bits per heavy atom. The summed E-state index contributed by atoms with van der Waals surface area (Å²) in [6.45, 7) is 5.57. The molecule has 0 bridgehead atoms. The number of aryl methyl sites for hydroxylation is 1. The summed E-state index contributed by atoms with van der Waals surface area (Å²) in [5.41, 5.74) is 2.46. The second kappa shape index (κ2) is 10.5. The van der Waals surface area contributed by atoms with Gasteiger partial charge >= 0.3 is 0 Å². The highest BCUT2D eigenvalue weighted by molar-refractivity contribution is 5.81. The molecular weight excluding hydrogens is 356 g/mol. The summed E-state index contributed by atoms with van der Waals surface area (Å²) in [7, 11) is 1.71. The fourth-order valence-electron chi connectivity index (χ4n) is 3.50. The molecule has 2 rings (SSSR count). The molecule has 7 nitrogen and oxygen atoms in total. The predicted octanol–water partition coefficient (Wildman–Crippen LogP) is 0.837. The molecule has 0 saturated carbocycles. The highest BCUT2D eigenvalue weighted by Gasteiger charge is 2.27. The van der Waals surface area contributed by atoms with Gasteiger partial charge in [-0.1, -0.05) is 38.1 Å². The van der Waals surface area contributed by atoms with Crippen molar-refractivity contribution in [2.24, 2.45) is 5.92 Å². The topological polar surface area (TPSA) is 102 Å². The number of fused-ring (bicyclic) bond motifs is 1. The number of aliphatic hydroxyl groups is 1. The highest BCUT2D eigenvalue weighted by atomic mass is 16.3. The molecule has 0 aromatic heterocycles. The molecule has 0 saturated heterocycles. The number of carbonyl (C=O) groups excluding carboxylic acids is 2. The van der Waals surface area contributed by atoms with Crippen molar-refractivity contribution in [2.45, 2.75) is 64.4 Å². The third-order valence-corrected chi connectivity index (χ3v) is 5.37. The number of aliphatic hydroxyl groups excluding tert-OH is 1. The van der Waals surface area contributed by atoms with Gasteiger partial charge in [-0.3, -0.25) is 14.9 Å². The van der Waals surface area contributed by atoms with Crippen molar-refractivity contribution in [3.8, 4) is 0 Å². The summed E-state index contributed by atoms with van der Waals surface area (Å²) < 4.78 is 0. The summed E-state index contributed by atoms with van der Waals surface area (Å²) in [5, 5.41) is 22.1. The lowest BCUT2D eigenvalue weighted by Crippen LogP contribution is -2.57. The van der Waals surface area contributed by atoms with Crippen LogP contribution in [-0.4, -0.2) is 48.8 Å². The number of amides is 2. The molecule has 0 fully saturated rings. The van der Waals surface area contributed by atoms with Gasteiger partial charge in [-0.15, -0.1) is 0 Å². The molecule has 2 amide bonds. The lowest BCUT2D eigenvalue weighted by atomic mass is 9.88. The zero-order valence-electron chi connectivity index (χ0n) is 17.3. The summed E-state index contributed by atoms with van der Waals surface area (Å²) in [6, 6.07) is 7.35. The van der Waals surface area contributed by atoms with Gasteiger partial charge < -0.3 is 21.1 Å². The number of benzene rings is 1. The molecule has 0 radical (unpaired) electrons. The Balaban J connectivity index is 1.88. The molecule has 7 heteroatoms. The molecule has 0 spiro atoms. The standard InChI is InChI=1S/C21H34N4O3/c1-13(2)19(25-20(27)14(3)22-4)21(28)23-12-18(26)24-17-11-7-9-15-8-5-6-10-16(15)17/h5-6,8,10,13-14,17,19,21-23,28H,7,9,11-12H2,1-4H3,(H,24,26)(H,25,27)/t14-,17?,19-,21?/m0/s1. The lowest BCUT2D eigenvalue weighted by molar-refractivity contribution is -0.125. The van der Waals surface area contributed by atoms with E-state index in [-0.39, 0.29) is 36.4 Å². The normalized spacial score (nSPS) is 19.4. The van der Waals surface area contributed by atoms with Gasteiger partial charge in [0, 0.05) is 0 Å². The second-order valence-corrected chi connectivity index (χ2v) is 7.83. The Morgan fingerprint density at radius 2 is 1.93 bits per heavy atom. The molecule has 0 aliphatic heterocycles. The Bertz CT molecular complexity index is 665. The van der Waals surface area contributed by atoms with Crippen molar-refractivity contribution in [1.82, 2.24) is 21.3 Å². The molecule has 0 heterocycles. The SMILES string of the molecule is CN[C@@H](C)C(=O)N[C@@H](C(C)C)C(O)NCC(=O)NC1CCCc2ccccc21. The van der Waals surface area contributed by atoms with Crippen molar-refractivity contribution in [3.63, 3.8) is 0 Å². The summed E-state index contributed by atoms with van der Waals surface area (Å²) in [5.74, 6) is -0.354. The minimum Gasteiger partial charge on any atom is -0.376 e. The molecule has 28 heavy (non-hydrogen) atoms. The molecule has 1 aromatic rings. The smallest absolute Gasteiger partial charge is 0.237 e. The first-order chi connectivity index (χ1) is 13.3. The first-order valence-corrected chi connectivity index (χ1v) is 10.1. The summed E-state index contributed by atoms with van der Waals surface area (Å²) in [4.78, 5) is 24.5. The third kappa shape index (κ3) is 6.02. The molecular formula is C21H34N4O3. The van der Waals surface area contributed by atoms with Crippen LogP contribution in [0.3, 0.4) is 0 Å². The molecule has 5 N–H and O–H groups in total. The van der Waals surface area contributed by atoms with Gasteiger partial charge in [-0.25, -0.2) is 0 Å². The largest absolute Gasteiger partial charge is 0.376 e. The van der Waals surface area contributed by atoms with Crippen LogP contribution in [0.4, 0.5) is 0 Å². The van der Waals surface area contributed by atoms with Crippen LogP contribution in [-0.2, 0) is 16.0 Å². The van der Waals surface area contributed by atoms with E-state index >= 15 is 0 Å². The Morgan fingerprint density at radius 3 is 2.61 bits per heavy atom. The zero-order valence-corrected chi connectivity index (χ0v) is 17.3. The predicted molar refractivity (Wildman–Crippen MR) is 110 cm³/mol. The van der Waals surface area contributed by atoms with Crippen LogP contribution in [0.25, 0.3) is 0 Å². The number of nitrogens with one attached hydrogen (secondary N) is 4. The van der Waals surface area contributed by atoms with Crippen LogP contribution in [0.15, 0.2) is 24.3 Å². The van der Waals surface area contributed by atoms with Crippen LogP contribution in [0, 0.1) is 5.92 Å². The van der Waals surface area contributed by atoms with Gasteiger partial charge in [0.25, 0.3) is 0 Å². The molecule has 156 valence electrons. The van der Waals surface area contributed by atoms with E-state index in [1.807, 2.05) is 26.0 Å². The fraction of sp³-hybridized carbons (Fsp3) is 0.619. The van der Waals surface area contributed by atoms with E-state index in [0.29, 0.717) is 0 Å². The Kier molecular flexibility index (Phi) is 8.41.